The zero-order chi connectivity index (χ0) is 14.4. The summed E-state index contributed by atoms with van der Waals surface area (Å²) in [6.45, 7) is 4.72. The van der Waals surface area contributed by atoms with Crippen molar-refractivity contribution in [1.29, 1.82) is 0 Å². The Hall–Kier alpha value is -2.16. The van der Waals surface area contributed by atoms with E-state index in [0.717, 1.165) is 22.7 Å². The van der Waals surface area contributed by atoms with Crippen LogP contribution in [-0.2, 0) is 6.61 Å². The van der Waals surface area contributed by atoms with Crippen molar-refractivity contribution in [3.63, 3.8) is 0 Å². The zero-order valence-corrected chi connectivity index (χ0v) is 12.2. The van der Waals surface area contributed by atoms with Crippen LogP contribution in [0.25, 0.3) is 0 Å². The Labute approximate surface area is 120 Å². The fraction of sp³-hybridized carbons (Fsp3) is 0.294. The Balaban J connectivity index is 2.19. The number of rotatable bonds is 6. The number of para-hydroxylation sites is 1. The molecule has 0 aliphatic heterocycles. The highest BCUT2D eigenvalue weighted by atomic mass is 16.5. The van der Waals surface area contributed by atoms with Gasteiger partial charge in [-0.05, 0) is 31.5 Å². The molecule has 0 spiro atoms. The van der Waals surface area contributed by atoms with E-state index in [0.29, 0.717) is 12.6 Å². The highest BCUT2D eigenvalue weighted by Crippen LogP contribution is 2.36. The van der Waals surface area contributed by atoms with E-state index in [1.54, 1.807) is 7.11 Å². The lowest BCUT2D eigenvalue weighted by Gasteiger charge is -2.18. The molecule has 0 aromatic heterocycles. The van der Waals surface area contributed by atoms with Crippen LogP contribution in [-0.4, -0.2) is 13.2 Å². The predicted octanol–water partition coefficient (Wildman–Crippen LogP) is 4.09. The number of ether oxygens (including phenoxy) is 2. The van der Waals surface area contributed by atoms with Gasteiger partial charge in [0.2, 0.25) is 0 Å². The summed E-state index contributed by atoms with van der Waals surface area (Å²) in [6.07, 6.45) is 0. The van der Waals surface area contributed by atoms with Gasteiger partial charge in [0.05, 0.1) is 12.8 Å². The van der Waals surface area contributed by atoms with Crippen LogP contribution >= 0.6 is 0 Å². The molecular formula is C17H21NO2. The summed E-state index contributed by atoms with van der Waals surface area (Å²) in [5.74, 6) is 1.50. The maximum atomic E-state index is 5.96. The second kappa shape index (κ2) is 6.85. The first-order chi connectivity index (χ1) is 9.70. The number of hydrogen-bond acceptors (Lipinski definition) is 3. The smallest absolute Gasteiger partial charge is 0.184 e. The predicted molar refractivity (Wildman–Crippen MR) is 82.5 cm³/mol. The molecule has 0 amide bonds. The van der Waals surface area contributed by atoms with Crippen LogP contribution < -0.4 is 14.8 Å². The quantitative estimate of drug-likeness (QED) is 0.858. The average Bonchev–Trinajstić information content (AvgIpc) is 2.46. The summed E-state index contributed by atoms with van der Waals surface area (Å²) in [5, 5.41) is 3.38. The highest BCUT2D eigenvalue weighted by molar-refractivity contribution is 5.63. The minimum Gasteiger partial charge on any atom is -0.493 e. The largest absolute Gasteiger partial charge is 0.493 e. The molecule has 0 bridgehead atoms. The molecule has 106 valence electrons. The Morgan fingerprint density at radius 2 is 1.75 bits per heavy atom. The van der Waals surface area contributed by atoms with Crippen molar-refractivity contribution in [3.8, 4) is 11.5 Å². The Bertz CT molecular complexity index is 538. The molecule has 0 heterocycles. The molecule has 0 aliphatic carbocycles. The number of hydrogen-bond donors (Lipinski definition) is 1. The third-order valence-electron chi connectivity index (χ3n) is 2.87. The van der Waals surface area contributed by atoms with Gasteiger partial charge in [-0.1, -0.05) is 36.4 Å². The van der Waals surface area contributed by atoms with Gasteiger partial charge < -0.3 is 14.8 Å². The van der Waals surface area contributed by atoms with Crippen molar-refractivity contribution in [2.24, 2.45) is 0 Å². The van der Waals surface area contributed by atoms with E-state index in [4.69, 9.17) is 9.47 Å². The van der Waals surface area contributed by atoms with Gasteiger partial charge in [0.25, 0.3) is 0 Å². The van der Waals surface area contributed by atoms with Crippen LogP contribution in [0, 0.1) is 0 Å². The molecule has 0 saturated carbocycles. The molecule has 20 heavy (non-hydrogen) atoms. The maximum Gasteiger partial charge on any atom is 0.184 e. The monoisotopic (exact) mass is 271 g/mol. The van der Waals surface area contributed by atoms with Gasteiger partial charge in [-0.25, -0.2) is 0 Å². The lowest BCUT2D eigenvalue weighted by Crippen LogP contribution is -2.11. The molecule has 3 nitrogen and oxygen atoms in total. The Morgan fingerprint density at radius 1 is 1.00 bits per heavy atom. The normalized spacial score (nSPS) is 10.4. The van der Waals surface area contributed by atoms with E-state index in [-0.39, 0.29) is 0 Å². The molecule has 0 radical (unpaired) electrons. The van der Waals surface area contributed by atoms with Crippen molar-refractivity contribution in [2.45, 2.75) is 26.5 Å². The molecule has 0 unspecified atom stereocenters. The zero-order valence-electron chi connectivity index (χ0n) is 12.2. The Morgan fingerprint density at radius 3 is 2.40 bits per heavy atom. The number of nitrogens with one attached hydrogen (secondary N) is 1. The summed E-state index contributed by atoms with van der Waals surface area (Å²) in [6, 6.07) is 16.3. The summed E-state index contributed by atoms with van der Waals surface area (Å²) < 4.78 is 11.3. The molecule has 0 fully saturated rings. The second-order valence-electron chi connectivity index (χ2n) is 4.91. The lowest BCUT2D eigenvalue weighted by atomic mass is 10.2. The van der Waals surface area contributed by atoms with Crippen LogP contribution in [0.4, 0.5) is 5.69 Å². The molecule has 1 N–H and O–H groups in total. The molecule has 2 aromatic carbocycles. The first-order valence-corrected chi connectivity index (χ1v) is 6.81. The molecule has 0 atom stereocenters. The topological polar surface area (TPSA) is 30.5 Å². The van der Waals surface area contributed by atoms with Gasteiger partial charge in [-0.3, -0.25) is 0 Å². The van der Waals surface area contributed by atoms with Crippen molar-refractivity contribution in [1.82, 2.24) is 0 Å². The first-order valence-electron chi connectivity index (χ1n) is 6.81. The summed E-state index contributed by atoms with van der Waals surface area (Å²) in [7, 11) is 1.66. The van der Waals surface area contributed by atoms with E-state index in [9.17, 15) is 0 Å². The maximum absolute atomic E-state index is 5.96. The number of methoxy groups -OCH3 is 1. The molecule has 2 aromatic rings. The van der Waals surface area contributed by atoms with E-state index >= 15 is 0 Å². The van der Waals surface area contributed by atoms with Gasteiger partial charge in [-0.15, -0.1) is 0 Å². The van der Waals surface area contributed by atoms with Gasteiger partial charge in [0, 0.05) is 6.04 Å². The summed E-state index contributed by atoms with van der Waals surface area (Å²) in [5.41, 5.74) is 2.09. The number of anilines is 1. The van der Waals surface area contributed by atoms with Gasteiger partial charge in [0.15, 0.2) is 11.5 Å². The minimum absolute atomic E-state index is 0.334. The van der Waals surface area contributed by atoms with Gasteiger partial charge in [0.1, 0.15) is 6.61 Å². The van der Waals surface area contributed by atoms with Crippen LogP contribution in [0.1, 0.15) is 19.4 Å². The second-order valence-corrected chi connectivity index (χ2v) is 4.91. The van der Waals surface area contributed by atoms with E-state index < -0.39 is 0 Å². The summed E-state index contributed by atoms with van der Waals surface area (Å²) >= 11 is 0. The molecule has 0 aliphatic rings. The van der Waals surface area contributed by atoms with Crippen LogP contribution in [0.3, 0.4) is 0 Å². The fourth-order valence-corrected chi connectivity index (χ4v) is 1.98. The van der Waals surface area contributed by atoms with Crippen LogP contribution in [0.2, 0.25) is 0 Å². The van der Waals surface area contributed by atoms with Crippen molar-refractivity contribution in [3.05, 3.63) is 54.1 Å². The van der Waals surface area contributed by atoms with Crippen LogP contribution in [0.15, 0.2) is 48.5 Å². The standard InChI is InChI=1S/C17H21NO2/c1-13(2)18-15-10-7-11-16(19-3)17(15)20-12-14-8-5-4-6-9-14/h4-11,13,18H,12H2,1-3H3. The minimum atomic E-state index is 0.334. The van der Waals surface area contributed by atoms with E-state index in [1.165, 1.54) is 0 Å². The van der Waals surface area contributed by atoms with Gasteiger partial charge >= 0.3 is 0 Å². The third-order valence-corrected chi connectivity index (χ3v) is 2.87. The number of benzene rings is 2. The van der Waals surface area contributed by atoms with E-state index in [1.807, 2.05) is 48.5 Å². The highest BCUT2D eigenvalue weighted by Gasteiger charge is 2.11. The molecule has 2 rings (SSSR count). The lowest BCUT2D eigenvalue weighted by molar-refractivity contribution is 0.286. The third kappa shape index (κ3) is 3.67. The first kappa shape index (κ1) is 14.3. The van der Waals surface area contributed by atoms with Crippen LogP contribution in [0.5, 0.6) is 11.5 Å². The Kier molecular flexibility index (Phi) is 4.88. The SMILES string of the molecule is COc1cccc(NC(C)C)c1OCc1ccccc1. The molecule has 3 heteroatoms. The average molecular weight is 271 g/mol. The van der Waals surface area contributed by atoms with Crippen molar-refractivity contribution < 1.29 is 9.47 Å². The molecular weight excluding hydrogens is 250 g/mol. The van der Waals surface area contributed by atoms with Crippen molar-refractivity contribution >= 4 is 5.69 Å². The van der Waals surface area contributed by atoms with Gasteiger partial charge in [-0.2, -0.15) is 0 Å². The van der Waals surface area contributed by atoms with Crippen molar-refractivity contribution in [2.75, 3.05) is 12.4 Å². The molecule has 0 saturated heterocycles. The summed E-state index contributed by atoms with van der Waals surface area (Å²) in [4.78, 5) is 0. The fourth-order valence-electron chi connectivity index (χ4n) is 1.98. The van der Waals surface area contributed by atoms with E-state index in [2.05, 4.69) is 19.2 Å².